The summed E-state index contributed by atoms with van der Waals surface area (Å²) < 4.78 is 5.36. The lowest BCUT2D eigenvalue weighted by atomic mass is 9.94. The van der Waals surface area contributed by atoms with Crippen LogP contribution in [0.2, 0.25) is 0 Å². The van der Waals surface area contributed by atoms with E-state index in [-0.39, 0.29) is 19.1 Å². The predicted octanol–water partition coefficient (Wildman–Crippen LogP) is 1.80. The van der Waals surface area contributed by atoms with Crippen LogP contribution in [0.25, 0.3) is 0 Å². The highest BCUT2D eigenvalue weighted by Crippen LogP contribution is 2.25. The first kappa shape index (κ1) is 18.9. The molecule has 2 heterocycles. The predicted molar refractivity (Wildman–Crippen MR) is 103 cm³/mol. The number of benzene rings is 2. The Bertz CT molecular complexity index is 981. The van der Waals surface area contributed by atoms with Gasteiger partial charge in [-0.25, -0.2) is 4.79 Å². The summed E-state index contributed by atoms with van der Waals surface area (Å²) in [7, 11) is 0. The molecule has 0 spiro atoms. The molecule has 0 aliphatic carbocycles. The summed E-state index contributed by atoms with van der Waals surface area (Å²) in [5, 5.41) is 0. The van der Waals surface area contributed by atoms with Crippen LogP contribution in [-0.2, 0) is 27.3 Å². The second kappa shape index (κ2) is 7.50. The quantitative estimate of drug-likeness (QED) is 0.585. The molecule has 2 aliphatic rings. The van der Waals surface area contributed by atoms with Gasteiger partial charge in [0.2, 0.25) is 5.91 Å². The molecule has 0 saturated heterocycles. The van der Waals surface area contributed by atoms with Gasteiger partial charge in [-0.2, -0.15) is 0 Å². The van der Waals surface area contributed by atoms with Gasteiger partial charge in [0.05, 0.1) is 17.7 Å². The van der Waals surface area contributed by atoms with Crippen LogP contribution in [0.5, 0.6) is 0 Å². The Hall–Kier alpha value is -3.48. The molecule has 148 valence electrons. The zero-order valence-electron chi connectivity index (χ0n) is 16.0. The molecule has 0 bridgehead atoms. The van der Waals surface area contributed by atoms with E-state index in [2.05, 4.69) is 0 Å². The lowest BCUT2D eigenvalue weighted by Gasteiger charge is -2.34. The van der Waals surface area contributed by atoms with Gasteiger partial charge in [-0.15, -0.1) is 0 Å². The molecular weight excluding hydrogens is 372 g/mol. The molecule has 0 unspecified atom stereocenters. The van der Waals surface area contributed by atoms with E-state index in [4.69, 9.17) is 4.74 Å². The normalized spacial score (nSPS) is 17.8. The van der Waals surface area contributed by atoms with Gasteiger partial charge in [-0.1, -0.05) is 36.4 Å². The Morgan fingerprint density at radius 3 is 2.17 bits per heavy atom. The molecule has 2 aromatic rings. The standard InChI is InChI=1S/C22H20N2O5/c1-14(25)24-13-16-7-3-2-6-15(16)12-19(24)22(28)29-11-10-23-20(26)17-8-4-5-9-18(17)21(23)27/h2-9,19H,10-13H2,1H3/t19-/m0/s1. The van der Waals surface area contributed by atoms with Crippen molar-refractivity contribution in [2.45, 2.75) is 25.9 Å². The lowest BCUT2D eigenvalue weighted by Crippen LogP contribution is -2.49. The minimum Gasteiger partial charge on any atom is -0.462 e. The molecule has 0 N–H and O–H groups in total. The molecule has 0 radical (unpaired) electrons. The van der Waals surface area contributed by atoms with E-state index in [1.54, 1.807) is 24.3 Å². The van der Waals surface area contributed by atoms with Crippen LogP contribution >= 0.6 is 0 Å². The Labute approximate surface area is 167 Å². The number of rotatable bonds is 4. The molecule has 3 amide bonds. The SMILES string of the molecule is CC(=O)N1Cc2ccccc2C[C@H]1C(=O)OCCN1C(=O)c2ccccc2C1=O. The van der Waals surface area contributed by atoms with Crippen LogP contribution in [0.1, 0.15) is 38.8 Å². The van der Waals surface area contributed by atoms with E-state index in [1.165, 1.54) is 11.8 Å². The molecule has 7 nitrogen and oxygen atoms in total. The number of hydrogen-bond acceptors (Lipinski definition) is 5. The van der Waals surface area contributed by atoms with E-state index >= 15 is 0 Å². The van der Waals surface area contributed by atoms with E-state index in [9.17, 15) is 19.2 Å². The molecular formula is C22H20N2O5. The van der Waals surface area contributed by atoms with Gasteiger partial charge in [-0.3, -0.25) is 19.3 Å². The van der Waals surface area contributed by atoms with Crippen molar-refractivity contribution in [3.63, 3.8) is 0 Å². The molecule has 4 rings (SSSR count). The number of carbonyl (C=O) groups is 4. The van der Waals surface area contributed by atoms with Crippen molar-refractivity contribution in [1.82, 2.24) is 9.80 Å². The highest BCUT2D eigenvalue weighted by molar-refractivity contribution is 6.21. The third kappa shape index (κ3) is 3.40. The highest BCUT2D eigenvalue weighted by atomic mass is 16.5. The second-order valence-corrected chi connectivity index (χ2v) is 7.11. The number of carbonyl (C=O) groups excluding carboxylic acids is 4. The Balaban J connectivity index is 1.40. The summed E-state index contributed by atoms with van der Waals surface area (Å²) in [5.74, 6) is -1.52. The summed E-state index contributed by atoms with van der Waals surface area (Å²) in [4.78, 5) is 52.0. The Morgan fingerprint density at radius 1 is 0.966 bits per heavy atom. The van der Waals surface area contributed by atoms with E-state index in [1.807, 2.05) is 24.3 Å². The van der Waals surface area contributed by atoms with Crippen LogP contribution in [0, 0.1) is 0 Å². The molecule has 2 aliphatic heterocycles. The van der Waals surface area contributed by atoms with Crippen LogP contribution in [0.4, 0.5) is 0 Å². The Morgan fingerprint density at radius 2 is 1.55 bits per heavy atom. The largest absolute Gasteiger partial charge is 0.462 e. The van der Waals surface area contributed by atoms with Gasteiger partial charge in [0.25, 0.3) is 11.8 Å². The zero-order valence-corrected chi connectivity index (χ0v) is 16.0. The maximum Gasteiger partial charge on any atom is 0.329 e. The number of imide groups is 1. The number of hydrogen-bond donors (Lipinski definition) is 0. The first-order valence-corrected chi connectivity index (χ1v) is 9.43. The van der Waals surface area contributed by atoms with Gasteiger partial charge in [0.1, 0.15) is 12.6 Å². The third-order valence-electron chi connectivity index (χ3n) is 5.36. The average Bonchev–Trinajstić information content (AvgIpc) is 2.97. The van der Waals surface area contributed by atoms with Crippen molar-refractivity contribution >= 4 is 23.7 Å². The van der Waals surface area contributed by atoms with E-state index < -0.39 is 23.8 Å². The van der Waals surface area contributed by atoms with E-state index in [0.29, 0.717) is 24.1 Å². The van der Waals surface area contributed by atoms with Crippen molar-refractivity contribution in [2.75, 3.05) is 13.2 Å². The molecule has 0 saturated carbocycles. The van der Waals surface area contributed by atoms with Crippen molar-refractivity contribution in [2.24, 2.45) is 0 Å². The summed E-state index contributed by atoms with van der Waals surface area (Å²) in [5.41, 5.74) is 2.73. The molecule has 2 aromatic carbocycles. The van der Waals surface area contributed by atoms with Crippen molar-refractivity contribution in [1.29, 1.82) is 0 Å². The minimum absolute atomic E-state index is 0.0263. The maximum absolute atomic E-state index is 12.7. The molecule has 0 fully saturated rings. The summed E-state index contributed by atoms with van der Waals surface area (Å²) in [6.45, 7) is 1.63. The average molecular weight is 392 g/mol. The highest BCUT2D eigenvalue weighted by Gasteiger charge is 2.36. The molecule has 29 heavy (non-hydrogen) atoms. The second-order valence-electron chi connectivity index (χ2n) is 7.11. The summed E-state index contributed by atoms with van der Waals surface area (Å²) in [6, 6.07) is 13.6. The Kier molecular flexibility index (Phi) is 4.88. The van der Waals surface area contributed by atoms with Crippen LogP contribution in [0.15, 0.2) is 48.5 Å². The fraction of sp³-hybridized carbons (Fsp3) is 0.273. The molecule has 0 aromatic heterocycles. The minimum atomic E-state index is -0.718. The van der Waals surface area contributed by atoms with Gasteiger partial charge in [-0.05, 0) is 23.3 Å². The summed E-state index contributed by atoms with van der Waals surface area (Å²) in [6.07, 6.45) is 0.377. The maximum atomic E-state index is 12.7. The number of nitrogens with zero attached hydrogens (tertiary/aromatic N) is 2. The lowest BCUT2D eigenvalue weighted by molar-refractivity contribution is -0.155. The first-order valence-electron chi connectivity index (χ1n) is 9.43. The fourth-order valence-electron chi connectivity index (χ4n) is 3.84. The number of fused-ring (bicyclic) bond motifs is 2. The third-order valence-corrected chi connectivity index (χ3v) is 5.36. The van der Waals surface area contributed by atoms with Crippen molar-refractivity contribution < 1.29 is 23.9 Å². The monoisotopic (exact) mass is 392 g/mol. The van der Waals surface area contributed by atoms with Gasteiger partial charge < -0.3 is 9.64 Å². The first-order chi connectivity index (χ1) is 14.0. The number of amides is 3. The topological polar surface area (TPSA) is 84.0 Å². The van der Waals surface area contributed by atoms with Crippen LogP contribution < -0.4 is 0 Å². The molecule has 1 atom stereocenters. The molecule has 7 heteroatoms. The van der Waals surface area contributed by atoms with Gasteiger partial charge in [0.15, 0.2) is 0 Å². The summed E-state index contributed by atoms with van der Waals surface area (Å²) >= 11 is 0. The van der Waals surface area contributed by atoms with E-state index in [0.717, 1.165) is 16.0 Å². The fourth-order valence-corrected chi connectivity index (χ4v) is 3.84. The van der Waals surface area contributed by atoms with Crippen molar-refractivity contribution in [3.05, 3.63) is 70.8 Å². The smallest absolute Gasteiger partial charge is 0.329 e. The van der Waals surface area contributed by atoms with Gasteiger partial charge in [0, 0.05) is 19.9 Å². The number of esters is 1. The van der Waals surface area contributed by atoms with Crippen LogP contribution in [-0.4, -0.2) is 52.7 Å². The van der Waals surface area contributed by atoms with Crippen LogP contribution in [0.3, 0.4) is 0 Å². The number of ether oxygens (including phenoxy) is 1. The zero-order chi connectivity index (χ0) is 20.5. The van der Waals surface area contributed by atoms with Gasteiger partial charge >= 0.3 is 5.97 Å². The van der Waals surface area contributed by atoms with Crippen molar-refractivity contribution in [3.8, 4) is 0 Å².